The van der Waals surface area contributed by atoms with Gasteiger partial charge < -0.3 is 28.4 Å². The van der Waals surface area contributed by atoms with Crippen LogP contribution in [0, 0.1) is 40.3 Å². The molecule has 0 N–H and O–H groups in total. The Labute approximate surface area is 160 Å². The summed E-state index contributed by atoms with van der Waals surface area (Å²) in [5.41, 5.74) is 0. The van der Waals surface area contributed by atoms with Gasteiger partial charge in [-0.05, 0) is 55.4 Å². The second-order valence-electron chi connectivity index (χ2n) is 5.57. The largest absolute Gasteiger partial charge is 0.375 e. The summed E-state index contributed by atoms with van der Waals surface area (Å²) >= 11 is 0. The van der Waals surface area contributed by atoms with Crippen LogP contribution in [0.2, 0.25) is 0 Å². The molecule has 0 heterocycles. The van der Waals surface area contributed by atoms with Gasteiger partial charge in [-0.3, -0.25) is 0 Å². The molecule has 0 aliphatic carbocycles. The molecule has 6 atom stereocenters. The lowest BCUT2D eigenvalue weighted by Crippen LogP contribution is -2.52. The van der Waals surface area contributed by atoms with E-state index in [1.165, 1.54) is 0 Å². The molecule has 0 saturated carbocycles. The number of rotatable bonds is 17. The van der Waals surface area contributed by atoms with E-state index in [2.05, 4.69) is 0 Å². The van der Waals surface area contributed by atoms with E-state index in [-0.39, 0.29) is 13.2 Å². The molecule has 0 saturated heterocycles. The molecular formula is C20H34O6. The molecule has 0 aliphatic rings. The zero-order valence-corrected chi connectivity index (χ0v) is 16.8. The fraction of sp³-hybridized carbons (Fsp3) is 0.700. The third kappa shape index (κ3) is 10.8. The SMILES string of the molecule is [CH]C(C)OCC(OC([CH])C)C(O[CH]C)C(O[CH]C)C(CO[CH]C)O[CH]C. The van der Waals surface area contributed by atoms with Crippen molar-refractivity contribution in [2.75, 3.05) is 13.2 Å². The molecule has 8 radical (unpaired) electrons. The Balaban J connectivity index is 5.50. The summed E-state index contributed by atoms with van der Waals surface area (Å²) in [5.74, 6) is 0. The van der Waals surface area contributed by atoms with Crippen molar-refractivity contribution >= 4 is 0 Å². The second-order valence-corrected chi connectivity index (χ2v) is 5.57. The minimum absolute atomic E-state index is 0.185. The first kappa shape index (κ1) is 25.8. The van der Waals surface area contributed by atoms with Crippen molar-refractivity contribution in [2.45, 2.75) is 78.2 Å². The normalized spacial score (nSPS) is 16.8. The third-order valence-electron chi connectivity index (χ3n) is 3.29. The molecule has 0 fully saturated rings. The van der Waals surface area contributed by atoms with Crippen molar-refractivity contribution in [1.29, 1.82) is 0 Å². The molecule has 26 heavy (non-hydrogen) atoms. The number of hydrogen-bond donors (Lipinski definition) is 0. The monoisotopic (exact) mass is 370 g/mol. The van der Waals surface area contributed by atoms with Gasteiger partial charge in [0.1, 0.15) is 24.4 Å². The van der Waals surface area contributed by atoms with Crippen LogP contribution in [0.5, 0.6) is 0 Å². The van der Waals surface area contributed by atoms with Crippen LogP contribution in [0.25, 0.3) is 0 Å². The molecule has 0 aromatic rings. The number of hydrogen-bond acceptors (Lipinski definition) is 6. The van der Waals surface area contributed by atoms with E-state index in [0.29, 0.717) is 0 Å². The summed E-state index contributed by atoms with van der Waals surface area (Å²) in [4.78, 5) is 0. The van der Waals surface area contributed by atoms with E-state index < -0.39 is 36.6 Å². The van der Waals surface area contributed by atoms with Gasteiger partial charge in [0.25, 0.3) is 0 Å². The maximum atomic E-state index is 5.83. The van der Waals surface area contributed by atoms with Gasteiger partial charge in [-0.2, -0.15) is 0 Å². The smallest absolute Gasteiger partial charge is 0.115 e. The van der Waals surface area contributed by atoms with E-state index in [4.69, 9.17) is 42.3 Å². The maximum Gasteiger partial charge on any atom is 0.115 e. The summed E-state index contributed by atoms with van der Waals surface area (Å²) in [5, 5.41) is 0. The Kier molecular flexibility index (Phi) is 15.6. The molecule has 0 rings (SSSR count). The Hall–Kier alpha value is -0.240. The quantitative estimate of drug-likeness (QED) is 0.391. The summed E-state index contributed by atoms with van der Waals surface area (Å²) < 4.78 is 34.1. The minimum Gasteiger partial charge on any atom is -0.375 e. The van der Waals surface area contributed by atoms with Crippen molar-refractivity contribution in [1.82, 2.24) is 0 Å². The van der Waals surface area contributed by atoms with Crippen molar-refractivity contribution < 1.29 is 28.4 Å². The highest BCUT2D eigenvalue weighted by Crippen LogP contribution is 2.22. The molecule has 6 heteroatoms. The molecular weight excluding hydrogens is 336 g/mol. The van der Waals surface area contributed by atoms with Crippen molar-refractivity contribution in [2.24, 2.45) is 0 Å². The summed E-state index contributed by atoms with van der Waals surface area (Å²) in [6, 6.07) is 0. The van der Waals surface area contributed by atoms with Gasteiger partial charge in [-0.25, -0.2) is 0 Å². The van der Waals surface area contributed by atoms with Crippen molar-refractivity contribution in [3.63, 3.8) is 0 Å². The van der Waals surface area contributed by atoms with E-state index in [0.717, 1.165) is 0 Å². The average molecular weight is 370 g/mol. The van der Waals surface area contributed by atoms with E-state index in [1.807, 2.05) is 0 Å². The molecule has 0 bridgehead atoms. The van der Waals surface area contributed by atoms with Gasteiger partial charge in [0.05, 0.1) is 51.8 Å². The molecule has 0 aromatic heterocycles. The van der Waals surface area contributed by atoms with E-state index >= 15 is 0 Å². The van der Waals surface area contributed by atoms with Crippen molar-refractivity contribution in [3.8, 4) is 0 Å². The van der Waals surface area contributed by atoms with E-state index in [1.54, 1.807) is 68.0 Å². The van der Waals surface area contributed by atoms with Crippen molar-refractivity contribution in [3.05, 3.63) is 40.3 Å². The highest BCUT2D eigenvalue weighted by molar-refractivity contribution is 4.89. The van der Waals surface area contributed by atoms with Crippen LogP contribution in [0.1, 0.15) is 41.5 Å². The molecule has 0 aromatic carbocycles. The second kappa shape index (κ2) is 15.8. The molecule has 0 spiro atoms. The van der Waals surface area contributed by atoms with Gasteiger partial charge in [-0.15, -0.1) is 0 Å². The summed E-state index contributed by atoms with van der Waals surface area (Å²) in [6.45, 7) is 28.9. The maximum absolute atomic E-state index is 5.83. The van der Waals surface area contributed by atoms with Gasteiger partial charge in [-0.1, -0.05) is 0 Å². The molecule has 6 nitrogen and oxygen atoms in total. The summed E-state index contributed by atoms with van der Waals surface area (Å²) in [7, 11) is 0. The Morgan fingerprint density at radius 3 is 1.65 bits per heavy atom. The fourth-order valence-corrected chi connectivity index (χ4v) is 2.38. The van der Waals surface area contributed by atoms with E-state index in [9.17, 15) is 0 Å². The standard InChI is InChI=1S/C20H34O6/c1-9-21-13-17(22-10-2)19(23-11-3)20(24-12-4)18(26-16(7)8)14-25-15(5)6/h5,7,9-12,15-20H,13-14H2,1-4,6,8H3. The first-order chi connectivity index (χ1) is 12.4. The highest BCUT2D eigenvalue weighted by Gasteiger charge is 2.38. The van der Waals surface area contributed by atoms with Crippen LogP contribution < -0.4 is 0 Å². The van der Waals surface area contributed by atoms with Crippen LogP contribution in [-0.4, -0.2) is 49.8 Å². The number of ether oxygens (including phenoxy) is 6. The minimum atomic E-state index is -0.564. The van der Waals surface area contributed by atoms with Gasteiger partial charge in [0, 0.05) is 0 Å². The highest BCUT2D eigenvalue weighted by atomic mass is 16.6. The lowest BCUT2D eigenvalue weighted by Gasteiger charge is -2.37. The molecule has 150 valence electrons. The van der Waals surface area contributed by atoms with Crippen LogP contribution in [0.4, 0.5) is 0 Å². The molecule has 0 aliphatic heterocycles. The zero-order valence-electron chi connectivity index (χ0n) is 16.8. The summed E-state index contributed by atoms with van der Waals surface area (Å²) in [6.07, 6.45) is -3.04. The lowest BCUT2D eigenvalue weighted by atomic mass is 10.0. The zero-order chi connectivity index (χ0) is 19.9. The van der Waals surface area contributed by atoms with Gasteiger partial charge >= 0.3 is 0 Å². The fourth-order valence-electron chi connectivity index (χ4n) is 2.38. The lowest BCUT2D eigenvalue weighted by molar-refractivity contribution is -0.177. The Bertz CT molecular complexity index is 311. The Morgan fingerprint density at radius 1 is 0.692 bits per heavy atom. The predicted molar refractivity (Wildman–Crippen MR) is 98.8 cm³/mol. The molecule has 6 unspecified atom stereocenters. The topological polar surface area (TPSA) is 55.4 Å². The predicted octanol–water partition coefficient (Wildman–Crippen LogP) is 3.49. The van der Waals surface area contributed by atoms with Gasteiger partial charge in [0.2, 0.25) is 0 Å². The first-order valence-corrected chi connectivity index (χ1v) is 8.88. The average Bonchev–Trinajstić information content (AvgIpc) is 2.58. The Morgan fingerprint density at radius 2 is 1.23 bits per heavy atom. The molecule has 0 amide bonds. The third-order valence-corrected chi connectivity index (χ3v) is 3.29. The van der Waals surface area contributed by atoms with Gasteiger partial charge in [0.15, 0.2) is 0 Å². The van der Waals surface area contributed by atoms with Crippen LogP contribution in [0.15, 0.2) is 0 Å². The first-order valence-electron chi connectivity index (χ1n) is 8.88. The van der Waals surface area contributed by atoms with Crippen LogP contribution >= 0.6 is 0 Å². The van der Waals surface area contributed by atoms with Crippen LogP contribution in [0.3, 0.4) is 0 Å². The van der Waals surface area contributed by atoms with Crippen LogP contribution in [-0.2, 0) is 28.4 Å².